The van der Waals surface area contributed by atoms with Crippen LogP contribution >= 0.6 is 24.0 Å². The molecule has 0 saturated heterocycles. The summed E-state index contributed by atoms with van der Waals surface area (Å²) in [5.74, 6) is 0.645. The second kappa shape index (κ2) is 3.20. The summed E-state index contributed by atoms with van der Waals surface area (Å²) in [6, 6.07) is 3.94. The van der Waals surface area contributed by atoms with Crippen molar-refractivity contribution in [2.75, 3.05) is 5.73 Å². The molecular weight excluding hydrogens is 200 g/mol. The second-order valence-electron chi connectivity index (χ2n) is 2.87. The van der Waals surface area contributed by atoms with Crippen LogP contribution in [0.2, 0.25) is 0 Å². The number of hydrogen-bond donors (Lipinski definition) is 2. The van der Waals surface area contributed by atoms with Gasteiger partial charge in [0.05, 0.1) is 15.2 Å². The lowest BCUT2D eigenvalue weighted by atomic mass is 10.2. The average molecular weight is 210 g/mol. The average Bonchev–Trinajstić information content (AvgIpc) is 2.45. The number of benzene rings is 1. The van der Waals surface area contributed by atoms with Crippen LogP contribution in [-0.4, -0.2) is 4.98 Å². The topological polar surface area (TPSA) is 38.9 Å². The minimum absolute atomic E-state index is 0.645. The third-order valence-corrected chi connectivity index (χ3v) is 3.22. The molecule has 0 atom stereocenters. The molecule has 0 aliphatic carbocycles. The van der Waals surface area contributed by atoms with Gasteiger partial charge >= 0.3 is 0 Å². The maximum atomic E-state index is 5.82. The Morgan fingerprint density at radius 1 is 1.54 bits per heavy atom. The molecule has 1 aromatic heterocycles. The number of aromatic nitrogens is 1. The molecule has 1 aromatic carbocycles. The number of fused-ring (bicyclic) bond motifs is 1. The molecule has 2 N–H and O–H groups in total. The molecule has 0 spiro atoms. The minimum atomic E-state index is 0.645. The van der Waals surface area contributed by atoms with E-state index in [2.05, 4.69) is 17.6 Å². The van der Waals surface area contributed by atoms with Crippen molar-refractivity contribution in [3.05, 3.63) is 22.7 Å². The van der Waals surface area contributed by atoms with Gasteiger partial charge in [-0.15, -0.1) is 11.3 Å². The van der Waals surface area contributed by atoms with Gasteiger partial charge in [-0.05, 0) is 19.1 Å². The summed E-state index contributed by atoms with van der Waals surface area (Å²) in [4.78, 5) is 4.43. The van der Waals surface area contributed by atoms with Gasteiger partial charge in [-0.2, -0.15) is 12.6 Å². The Hall–Kier alpha value is -0.740. The molecule has 2 nitrogen and oxygen atoms in total. The predicted molar refractivity (Wildman–Crippen MR) is 61.5 cm³/mol. The molecule has 0 unspecified atom stereocenters. The number of nitrogens with zero attached hydrogens (tertiary/aromatic N) is 1. The van der Waals surface area contributed by atoms with Gasteiger partial charge in [-0.1, -0.05) is 0 Å². The van der Waals surface area contributed by atoms with Crippen molar-refractivity contribution < 1.29 is 0 Å². The van der Waals surface area contributed by atoms with Crippen LogP contribution < -0.4 is 5.73 Å². The van der Waals surface area contributed by atoms with E-state index in [1.807, 2.05) is 19.1 Å². The maximum Gasteiger partial charge on any atom is 0.0907 e. The number of nitrogens with two attached hydrogens (primary N) is 1. The highest BCUT2D eigenvalue weighted by Gasteiger charge is 2.07. The highest BCUT2D eigenvalue weighted by atomic mass is 32.1. The van der Waals surface area contributed by atoms with E-state index in [4.69, 9.17) is 5.73 Å². The van der Waals surface area contributed by atoms with Crippen LogP contribution in [0.5, 0.6) is 0 Å². The fraction of sp³-hybridized carbons (Fsp3) is 0.222. The third-order valence-electron chi connectivity index (χ3n) is 1.97. The molecule has 0 bridgehead atoms. The number of aryl methyl sites for hydroxylation is 1. The van der Waals surface area contributed by atoms with Gasteiger partial charge in [-0.3, -0.25) is 0 Å². The monoisotopic (exact) mass is 210 g/mol. The molecule has 0 saturated carbocycles. The molecule has 2 rings (SSSR count). The van der Waals surface area contributed by atoms with Crippen LogP contribution in [0.1, 0.15) is 10.6 Å². The molecule has 2 aromatic rings. The van der Waals surface area contributed by atoms with Gasteiger partial charge < -0.3 is 5.73 Å². The van der Waals surface area contributed by atoms with E-state index in [1.165, 1.54) is 4.70 Å². The summed E-state index contributed by atoms with van der Waals surface area (Å²) in [6.07, 6.45) is 0. The first-order chi connectivity index (χ1) is 6.22. The van der Waals surface area contributed by atoms with Crippen LogP contribution in [0.3, 0.4) is 0 Å². The third kappa shape index (κ3) is 1.40. The summed E-state index contributed by atoms with van der Waals surface area (Å²) >= 11 is 5.94. The smallest absolute Gasteiger partial charge is 0.0907 e. The second-order valence-corrected chi connectivity index (χ2v) is 4.42. The lowest BCUT2D eigenvalue weighted by molar-refractivity contribution is 1.32. The van der Waals surface area contributed by atoms with Crippen molar-refractivity contribution in [3.63, 3.8) is 0 Å². The Labute approximate surface area is 86.2 Å². The fourth-order valence-electron chi connectivity index (χ4n) is 1.34. The quantitative estimate of drug-likeness (QED) is 0.561. The first kappa shape index (κ1) is 8.84. The Morgan fingerprint density at radius 3 is 3.00 bits per heavy atom. The fourth-order valence-corrected chi connectivity index (χ4v) is 2.53. The highest BCUT2D eigenvalue weighted by molar-refractivity contribution is 7.79. The number of rotatable bonds is 1. The van der Waals surface area contributed by atoms with E-state index >= 15 is 0 Å². The molecular formula is C9H10N2S2. The summed E-state index contributed by atoms with van der Waals surface area (Å²) < 4.78 is 1.19. The number of hydrogen-bond acceptors (Lipinski definition) is 4. The van der Waals surface area contributed by atoms with Crippen molar-refractivity contribution in [2.45, 2.75) is 12.7 Å². The Kier molecular flexibility index (Phi) is 2.17. The molecule has 4 heteroatoms. The van der Waals surface area contributed by atoms with E-state index in [9.17, 15) is 0 Å². The summed E-state index contributed by atoms with van der Waals surface area (Å²) in [5, 5.41) is 1.07. The minimum Gasteiger partial charge on any atom is -0.398 e. The van der Waals surface area contributed by atoms with Crippen molar-refractivity contribution in [3.8, 4) is 0 Å². The van der Waals surface area contributed by atoms with Crippen LogP contribution in [0.25, 0.3) is 10.2 Å². The molecule has 0 aliphatic heterocycles. The zero-order valence-corrected chi connectivity index (χ0v) is 8.95. The molecule has 68 valence electrons. The number of nitrogen functional groups attached to an aromatic ring is 1. The molecule has 0 aliphatic rings. The summed E-state index contributed by atoms with van der Waals surface area (Å²) in [5.41, 5.74) is 8.67. The molecule has 0 amide bonds. The van der Waals surface area contributed by atoms with Gasteiger partial charge in [0.1, 0.15) is 0 Å². The first-order valence-corrected chi connectivity index (χ1v) is 5.42. The largest absolute Gasteiger partial charge is 0.398 e. The van der Waals surface area contributed by atoms with E-state index in [1.54, 1.807) is 11.3 Å². The highest BCUT2D eigenvalue weighted by Crippen LogP contribution is 2.29. The van der Waals surface area contributed by atoms with Gasteiger partial charge in [0.25, 0.3) is 0 Å². The van der Waals surface area contributed by atoms with Crippen LogP contribution in [0, 0.1) is 6.92 Å². The van der Waals surface area contributed by atoms with E-state index in [-0.39, 0.29) is 0 Å². The molecule has 0 fully saturated rings. The SMILES string of the molecule is Cc1nc2c(CS)c(N)ccc2s1. The van der Waals surface area contributed by atoms with Crippen molar-refractivity contribution in [1.82, 2.24) is 4.98 Å². The number of anilines is 1. The van der Waals surface area contributed by atoms with Crippen molar-refractivity contribution >= 4 is 39.9 Å². The van der Waals surface area contributed by atoms with E-state index < -0.39 is 0 Å². The first-order valence-electron chi connectivity index (χ1n) is 3.97. The molecule has 1 heterocycles. The van der Waals surface area contributed by atoms with Gasteiger partial charge in [0.2, 0.25) is 0 Å². The lowest BCUT2D eigenvalue weighted by Gasteiger charge is -2.01. The summed E-state index contributed by atoms with van der Waals surface area (Å²) in [7, 11) is 0. The number of thiazole rings is 1. The van der Waals surface area contributed by atoms with Crippen LogP contribution in [0.15, 0.2) is 12.1 Å². The zero-order chi connectivity index (χ0) is 9.42. The molecule has 0 radical (unpaired) electrons. The van der Waals surface area contributed by atoms with Crippen molar-refractivity contribution in [2.24, 2.45) is 0 Å². The Balaban J connectivity index is 2.82. The summed E-state index contributed by atoms with van der Waals surface area (Å²) in [6.45, 7) is 2.00. The lowest BCUT2D eigenvalue weighted by Crippen LogP contribution is -1.92. The maximum absolute atomic E-state index is 5.82. The standard InChI is InChI=1S/C9H10N2S2/c1-5-11-9-6(4-12)7(10)2-3-8(9)13-5/h2-3,12H,4,10H2,1H3. The zero-order valence-electron chi connectivity index (χ0n) is 7.24. The van der Waals surface area contributed by atoms with Crippen molar-refractivity contribution in [1.29, 1.82) is 0 Å². The van der Waals surface area contributed by atoms with E-state index in [0.717, 1.165) is 21.8 Å². The predicted octanol–water partition coefficient (Wildman–Crippen LogP) is 2.62. The van der Waals surface area contributed by atoms with Gasteiger partial charge in [-0.25, -0.2) is 4.98 Å². The van der Waals surface area contributed by atoms with Crippen LogP contribution in [0.4, 0.5) is 5.69 Å². The number of thiol groups is 1. The Bertz CT molecular complexity index is 448. The van der Waals surface area contributed by atoms with Crippen LogP contribution in [-0.2, 0) is 5.75 Å². The van der Waals surface area contributed by atoms with Gasteiger partial charge in [0.15, 0.2) is 0 Å². The molecule has 13 heavy (non-hydrogen) atoms. The van der Waals surface area contributed by atoms with Gasteiger partial charge in [0, 0.05) is 17.0 Å². The Morgan fingerprint density at radius 2 is 2.31 bits per heavy atom. The normalized spacial score (nSPS) is 10.9. The van der Waals surface area contributed by atoms with E-state index in [0.29, 0.717) is 5.75 Å².